The van der Waals surface area contributed by atoms with Crippen molar-refractivity contribution in [1.82, 2.24) is 4.98 Å². The van der Waals surface area contributed by atoms with Crippen LogP contribution in [0.2, 0.25) is 0 Å². The predicted octanol–water partition coefficient (Wildman–Crippen LogP) is 4.38. The summed E-state index contributed by atoms with van der Waals surface area (Å²) in [7, 11) is 0. The van der Waals surface area contributed by atoms with Gasteiger partial charge in [0.15, 0.2) is 5.58 Å². The second-order valence-electron chi connectivity index (χ2n) is 6.56. The van der Waals surface area contributed by atoms with Crippen molar-refractivity contribution in [1.29, 1.82) is 0 Å². The molecule has 1 aliphatic carbocycles. The fourth-order valence-electron chi connectivity index (χ4n) is 3.68. The van der Waals surface area contributed by atoms with Gasteiger partial charge >= 0.3 is 5.97 Å². The van der Waals surface area contributed by atoms with E-state index in [2.05, 4.69) is 18.8 Å². The third kappa shape index (κ3) is 2.43. The lowest BCUT2D eigenvalue weighted by atomic mass is 9.78. The van der Waals surface area contributed by atoms with Gasteiger partial charge in [-0.3, -0.25) is 0 Å². The molecule has 0 spiro atoms. The molecule has 0 bridgehead atoms. The van der Waals surface area contributed by atoms with E-state index < -0.39 is 5.97 Å². The molecule has 1 aromatic heterocycles. The second kappa shape index (κ2) is 5.17. The number of aromatic nitrogens is 1. The van der Waals surface area contributed by atoms with Crippen LogP contribution in [-0.2, 0) is 5.41 Å². The number of carboxylic acids is 1. The maximum absolute atomic E-state index is 11.3. The maximum Gasteiger partial charge on any atom is 0.339 e. The van der Waals surface area contributed by atoms with Crippen LogP contribution < -0.4 is 0 Å². The summed E-state index contributed by atoms with van der Waals surface area (Å²) in [6.45, 7) is 4.43. The van der Waals surface area contributed by atoms with Crippen LogP contribution in [0.25, 0.3) is 11.1 Å². The van der Waals surface area contributed by atoms with Crippen LogP contribution in [0.15, 0.2) is 22.6 Å². The molecule has 0 amide bonds. The molecule has 4 nitrogen and oxygen atoms in total. The van der Waals surface area contributed by atoms with E-state index in [1.807, 2.05) is 6.07 Å². The van der Waals surface area contributed by atoms with Gasteiger partial charge in [0.1, 0.15) is 11.1 Å². The smallest absolute Gasteiger partial charge is 0.339 e. The fraction of sp³-hybridized carbons (Fsp3) is 0.529. The Bertz CT molecular complexity index is 666. The summed E-state index contributed by atoms with van der Waals surface area (Å²) in [5, 5.41) is 9.28. The van der Waals surface area contributed by atoms with E-state index in [0.717, 1.165) is 25.2 Å². The average Bonchev–Trinajstić information content (AvgIpc) is 3.03. The lowest BCUT2D eigenvalue weighted by Crippen LogP contribution is -2.24. The van der Waals surface area contributed by atoms with Gasteiger partial charge in [0.05, 0.1) is 0 Å². The molecule has 0 radical (unpaired) electrons. The van der Waals surface area contributed by atoms with E-state index in [1.54, 1.807) is 12.1 Å². The topological polar surface area (TPSA) is 63.3 Å². The number of rotatable bonds is 4. The van der Waals surface area contributed by atoms with E-state index in [4.69, 9.17) is 4.42 Å². The number of para-hydroxylation sites is 1. The Morgan fingerprint density at radius 3 is 2.71 bits per heavy atom. The molecule has 4 heteroatoms. The van der Waals surface area contributed by atoms with Gasteiger partial charge in [-0.1, -0.05) is 32.8 Å². The summed E-state index contributed by atoms with van der Waals surface area (Å²) in [4.78, 5) is 15.9. The molecule has 112 valence electrons. The minimum Gasteiger partial charge on any atom is -0.478 e. The van der Waals surface area contributed by atoms with Crippen LogP contribution in [0.1, 0.15) is 62.2 Å². The Morgan fingerprint density at radius 1 is 1.38 bits per heavy atom. The lowest BCUT2D eigenvalue weighted by molar-refractivity contribution is 0.0697. The highest BCUT2D eigenvalue weighted by Gasteiger charge is 2.40. The first kappa shape index (κ1) is 14.1. The third-order valence-electron chi connectivity index (χ3n) is 4.46. The molecular formula is C17H21NO3. The molecule has 2 aromatic rings. The number of carboxylic acid groups (broad SMARTS) is 1. The summed E-state index contributed by atoms with van der Waals surface area (Å²) >= 11 is 0. The van der Waals surface area contributed by atoms with Crippen LogP contribution in [0, 0.1) is 5.92 Å². The molecule has 1 heterocycles. The molecule has 1 N–H and O–H groups in total. The molecule has 0 unspecified atom stereocenters. The Hall–Kier alpha value is -1.84. The van der Waals surface area contributed by atoms with Crippen molar-refractivity contribution in [3.63, 3.8) is 0 Å². The Labute approximate surface area is 124 Å². The van der Waals surface area contributed by atoms with Crippen molar-refractivity contribution >= 4 is 17.1 Å². The maximum atomic E-state index is 11.3. The minimum atomic E-state index is -0.965. The number of oxazole rings is 1. The Kier molecular flexibility index (Phi) is 3.47. The van der Waals surface area contributed by atoms with Crippen LogP contribution >= 0.6 is 0 Å². The summed E-state index contributed by atoms with van der Waals surface area (Å²) in [6.07, 6.45) is 5.59. The number of nitrogens with zero attached hydrogens (tertiary/aromatic N) is 1. The number of hydrogen-bond donors (Lipinski definition) is 1. The summed E-state index contributed by atoms with van der Waals surface area (Å²) in [6, 6.07) is 5.12. The third-order valence-corrected chi connectivity index (χ3v) is 4.46. The summed E-state index contributed by atoms with van der Waals surface area (Å²) < 4.78 is 5.96. The first-order chi connectivity index (χ1) is 10.0. The molecular weight excluding hydrogens is 266 g/mol. The van der Waals surface area contributed by atoms with E-state index in [-0.39, 0.29) is 11.0 Å². The van der Waals surface area contributed by atoms with E-state index in [0.29, 0.717) is 17.0 Å². The molecule has 21 heavy (non-hydrogen) atoms. The SMILES string of the molecule is CC(C)CC1(c2nc3cccc(C(=O)O)c3o2)CCCC1. The van der Waals surface area contributed by atoms with Gasteiger partial charge in [0.25, 0.3) is 0 Å². The monoisotopic (exact) mass is 287 g/mol. The zero-order valence-electron chi connectivity index (χ0n) is 12.6. The van der Waals surface area contributed by atoms with Crippen molar-refractivity contribution in [3.05, 3.63) is 29.7 Å². The molecule has 0 atom stereocenters. The van der Waals surface area contributed by atoms with Gasteiger partial charge in [0.2, 0.25) is 5.89 Å². The van der Waals surface area contributed by atoms with Crippen molar-refractivity contribution in [2.45, 2.75) is 51.4 Å². The quantitative estimate of drug-likeness (QED) is 0.906. The number of fused-ring (bicyclic) bond motifs is 1. The molecule has 0 aliphatic heterocycles. The van der Waals surface area contributed by atoms with Crippen molar-refractivity contribution < 1.29 is 14.3 Å². The van der Waals surface area contributed by atoms with E-state index >= 15 is 0 Å². The molecule has 3 rings (SSSR count). The van der Waals surface area contributed by atoms with Crippen molar-refractivity contribution in [2.75, 3.05) is 0 Å². The van der Waals surface area contributed by atoms with Crippen LogP contribution in [0.3, 0.4) is 0 Å². The molecule has 1 saturated carbocycles. The summed E-state index contributed by atoms with van der Waals surface area (Å²) in [5.41, 5.74) is 1.25. The van der Waals surface area contributed by atoms with Crippen LogP contribution in [-0.4, -0.2) is 16.1 Å². The Balaban J connectivity index is 2.11. The summed E-state index contributed by atoms with van der Waals surface area (Å²) in [5.74, 6) is 0.335. The first-order valence-electron chi connectivity index (χ1n) is 7.65. The van der Waals surface area contributed by atoms with E-state index in [1.165, 1.54) is 12.8 Å². The van der Waals surface area contributed by atoms with Crippen molar-refractivity contribution in [2.24, 2.45) is 5.92 Å². The predicted molar refractivity (Wildman–Crippen MR) is 80.6 cm³/mol. The highest BCUT2D eigenvalue weighted by atomic mass is 16.4. The van der Waals surface area contributed by atoms with Gasteiger partial charge in [0, 0.05) is 5.41 Å². The highest BCUT2D eigenvalue weighted by Crippen LogP contribution is 2.46. The van der Waals surface area contributed by atoms with Gasteiger partial charge in [-0.25, -0.2) is 9.78 Å². The van der Waals surface area contributed by atoms with Gasteiger partial charge in [-0.2, -0.15) is 0 Å². The first-order valence-corrected chi connectivity index (χ1v) is 7.65. The Morgan fingerprint density at radius 2 is 2.10 bits per heavy atom. The number of carbonyl (C=O) groups is 1. The average molecular weight is 287 g/mol. The molecule has 1 aliphatic rings. The normalized spacial score (nSPS) is 17.7. The van der Waals surface area contributed by atoms with Crippen LogP contribution in [0.4, 0.5) is 0 Å². The molecule has 1 fully saturated rings. The van der Waals surface area contributed by atoms with Crippen LogP contribution in [0.5, 0.6) is 0 Å². The minimum absolute atomic E-state index is 0.0110. The molecule has 0 saturated heterocycles. The number of hydrogen-bond acceptors (Lipinski definition) is 3. The van der Waals surface area contributed by atoms with Crippen molar-refractivity contribution in [3.8, 4) is 0 Å². The zero-order chi connectivity index (χ0) is 15.0. The highest BCUT2D eigenvalue weighted by molar-refractivity contribution is 5.99. The zero-order valence-corrected chi connectivity index (χ0v) is 12.6. The van der Waals surface area contributed by atoms with Gasteiger partial charge in [-0.15, -0.1) is 0 Å². The second-order valence-corrected chi connectivity index (χ2v) is 6.56. The number of aromatic carboxylic acids is 1. The number of benzene rings is 1. The van der Waals surface area contributed by atoms with E-state index in [9.17, 15) is 9.90 Å². The fourth-order valence-corrected chi connectivity index (χ4v) is 3.68. The standard InChI is InChI=1S/C17H21NO3/c1-11(2)10-17(8-3-4-9-17)16-18-13-7-5-6-12(15(19)20)14(13)21-16/h5-7,11H,3-4,8-10H2,1-2H3,(H,19,20). The largest absolute Gasteiger partial charge is 0.478 e. The lowest BCUT2D eigenvalue weighted by Gasteiger charge is -2.27. The van der Waals surface area contributed by atoms with Gasteiger partial charge in [-0.05, 0) is 37.3 Å². The van der Waals surface area contributed by atoms with Gasteiger partial charge < -0.3 is 9.52 Å². The molecule has 1 aromatic carbocycles.